The highest BCUT2D eigenvalue weighted by Crippen LogP contribution is 2.24. The Kier molecular flexibility index (Phi) is 7.36. The molecule has 1 aliphatic heterocycles. The fraction of sp³-hybridized carbons (Fsp3) is 0.857. The number of hydrogen-bond donors (Lipinski definition) is 1. The zero-order valence-electron chi connectivity index (χ0n) is 12.7. The van der Waals surface area contributed by atoms with Crippen LogP contribution in [0.4, 0.5) is 0 Å². The van der Waals surface area contributed by atoms with Crippen LogP contribution in [-0.4, -0.2) is 47.0 Å². The van der Waals surface area contributed by atoms with E-state index >= 15 is 0 Å². The predicted molar refractivity (Wildman–Crippen MR) is 85.2 cm³/mol. The lowest BCUT2D eigenvalue weighted by Crippen LogP contribution is -2.35. The van der Waals surface area contributed by atoms with Crippen LogP contribution in [0.3, 0.4) is 0 Å². The van der Waals surface area contributed by atoms with Crippen LogP contribution in [-0.2, 0) is 30.6 Å². The molecule has 1 atom stereocenters. The Morgan fingerprint density at radius 1 is 1.29 bits per heavy atom. The first-order valence-corrected chi connectivity index (χ1v) is 10.6. The molecule has 122 valence electrons. The van der Waals surface area contributed by atoms with Crippen LogP contribution < -0.4 is 0 Å². The molecule has 1 fully saturated rings. The van der Waals surface area contributed by atoms with Crippen molar-refractivity contribution in [1.29, 1.82) is 0 Å². The van der Waals surface area contributed by atoms with Gasteiger partial charge in [-0.15, -0.1) is 0 Å². The Morgan fingerprint density at radius 3 is 2.33 bits per heavy atom. The van der Waals surface area contributed by atoms with Gasteiger partial charge in [0.25, 0.3) is 10.1 Å². The molecule has 1 saturated heterocycles. The van der Waals surface area contributed by atoms with Gasteiger partial charge in [-0.2, -0.15) is 8.42 Å². The highest BCUT2D eigenvalue weighted by Gasteiger charge is 2.36. The van der Waals surface area contributed by atoms with Crippen LogP contribution in [0.25, 0.3) is 0 Å². The lowest BCUT2D eigenvalue weighted by atomic mass is 10.0. The largest absolute Gasteiger partial charge is 0.299 e. The van der Waals surface area contributed by atoms with Crippen molar-refractivity contribution < 1.29 is 22.6 Å². The molecule has 0 aliphatic carbocycles. The molecule has 1 unspecified atom stereocenters. The lowest BCUT2D eigenvalue weighted by molar-refractivity contribution is -0.121. The molecule has 0 aromatic rings. The number of ketones is 2. The summed E-state index contributed by atoms with van der Waals surface area (Å²) in [5, 5.41) is 0.148. The predicted octanol–water partition coefficient (Wildman–Crippen LogP) is 1.62. The Labute approximate surface area is 130 Å². The maximum Gasteiger partial charge on any atom is 0.264 e. The number of rotatable bonds is 8. The van der Waals surface area contributed by atoms with Crippen molar-refractivity contribution in [2.75, 3.05) is 17.3 Å². The van der Waals surface area contributed by atoms with Gasteiger partial charge in [0.1, 0.15) is 28.3 Å². The molecule has 5 nitrogen and oxygen atoms in total. The van der Waals surface area contributed by atoms with E-state index in [1.165, 1.54) is 0 Å². The van der Waals surface area contributed by atoms with Gasteiger partial charge in [0.2, 0.25) is 0 Å². The van der Waals surface area contributed by atoms with Gasteiger partial charge in [-0.05, 0) is 23.7 Å². The van der Waals surface area contributed by atoms with Crippen molar-refractivity contribution in [2.24, 2.45) is 5.92 Å². The fourth-order valence-electron chi connectivity index (χ4n) is 2.39. The summed E-state index contributed by atoms with van der Waals surface area (Å²) in [5.41, 5.74) is 0. The fourth-order valence-corrected chi connectivity index (χ4v) is 5.67. The van der Waals surface area contributed by atoms with E-state index in [0.717, 1.165) is 11.5 Å². The molecule has 0 aromatic heterocycles. The molecule has 1 heterocycles. The van der Waals surface area contributed by atoms with Crippen molar-refractivity contribution in [2.45, 2.75) is 51.2 Å². The van der Waals surface area contributed by atoms with Gasteiger partial charge >= 0.3 is 0 Å². The molecule has 0 bridgehead atoms. The maximum absolute atomic E-state index is 12.0. The van der Waals surface area contributed by atoms with Crippen molar-refractivity contribution in [1.82, 2.24) is 0 Å². The summed E-state index contributed by atoms with van der Waals surface area (Å²) in [6.45, 7) is 3.73. The quantitative estimate of drug-likeness (QED) is 0.537. The molecule has 0 radical (unpaired) electrons. The number of carbonyl (C=O) groups excluding carboxylic acids is 2. The van der Waals surface area contributed by atoms with Crippen LogP contribution in [0.15, 0.2) is 0 Å². The summed E-state index contributed by atoms with van der Waals surface area (Å²) in [6, 6.07) is 0. The second kappa shape index (κ2) is 8.29. The maximum atomic E-state index is 12.0. The molecular weight excluding hydrogens is 312 g/mol. The van der Waals surface area contributed by atoms with Crippen molar-refractivity contribution in [3.05, 3.63) is 0 Å². The molecule has 21 heavy (non-hydrogen) atoms. The highest BCUT2D eigenvalue weighted by molar-refractivity contribution is 7.97. The molecule has 0 amide bonds. The van der Waals surface area contributed by atoms with E-state index in [1.807, 2.05) is 13.8 Å². The van der Waals surface area contributed by atoms with Gasteiger partial charge in [0.15, 0.2) is 0 Å². The van der Waals surface area contributed by atoms with E-state index in [-0.39, 0.29) is 39.4 Å². The van der Waals surface area contributed by atoms with Gasteiger partial charge in [-0.25, -0.2) is 0 Å². The summed E-state index contributed by atoms with van der Waals surface area (Å²) in [7, 11) is -3.93. The normalized spacial score (nSPS) is 19.0. The smallest absolute Gasteiger partial charge is 0.264 e. The summed E-state index contributed by atoms with van der Waals surface area (Å²) in [4.78, 5) is 23.3. The first-order valence-electron chi connectivity index (χ1n) is 7.35. The average Bonchev–Trinajstić information content (AvgIpc) is 2.36. The van der Waals surface area contributed by atoms with Crippen molar-refractivity contribution in [3.63, 3.8) is 0 Å². The standard InChI is InChI=1S/C14H24O5S2/c1-11(2)14(16)10-13(4-3-9-21(17,18)19)20-7-5-12(15)6-8-20/h11,13H,3-10H2,1-2H3/p+1. The van der Waals surface area contributed by atoms with E-state index in [1.54, 1.807) is 0 Å². The Hall–Kier alpha value is -0.400. The second-order valence-corrected chi connectivity index (χ2v) is 9.99. The molecular formula is C14H25O5S2+. The number of Topliss-reactive ketones (excluding diaryl/α,β-unsaturated/α-hetero) is 2. The van der Waals surface area contributed by atoms with E-state index in [2.05, 4.69) is 0 Å². The monoisotopic (exact) mass is 337 g/mol. The third-order valence-electron chi connectivity index (χ3n) is 3.76. The molecule has 1 N–H and O–H groups in total. The first kappa shape index (κ1) is 18.6. The Bertz CT molecular complexity index is 460. The zero-order valence-corrected chi connectivity index (χ0v) is 14.3. The second-order valence-electron chi connectivity index (χ2n) is 5.86. The highest BCUT2D eigenvalue weighted by atomic mass is 32.2. The third kappa shape index (κ3) is 7.42. The van der Waals surface area contributed by atoms with Crippen LogP contribution in [0, 0.1) is 5.92 Å². The Balaban J connectivity index is 2.60. The summed E-state index contributed by atoms with van der Waals surface area (Å²) in [5.74, 6) is 1.84. The molecule has 7 heteroatoms. The minimum Gasteiger partial charge on any atom is -0.299 e. The van der Waals surface area contributed by atoms with Gasteiger partial charge in [0.05, 0.1) is 25.0 Å². The first-order chi connectivity index (χ1) is 9.69. The average molecular weight is 337 g/mol. The summed E-state index contributed by atoms with van der Waals surface area (Å²) >= 11 is 0. The van der Waals surface area contributed by atoms with E-state index < -0.39 is 10.1 Å². The third-order valence-corrected chi connectivity index (χ3v) is 7.37. The van der Waals surface area contributed by atoms with Crippen molar-refractivity contribution in [3.8, 4) is 0 Å². The van der Waals surface area contributed by atoms with Gasteiger partial charge < -0.3 is 0 Å². The molecule has 1 aliphatic rings. The van der Waals surface area contributed by atoms with E-state index in [0.29, 0.717) is 32.1 Å². The van der Waals surface area contributed by atoms with Crippen LogP contribution in [0.2, 0.25) is 0 Å². The van der Waals surface area contributed by atoms with Crippen LogP contribution >= 0.6 is 0 Å². The van der Waals surface area contributed by atoms with Gasteiger partial charge in [-0.3, -0.25) is 14.1 Å². The van der Waals surface area contributed by atoms with Crippen LogP contribution in [0.1, 0.15) is 46.0 Å². The minimum atomic E-state index is -3.94. The van der Waals surface area contributed by atoms with Crippen LogP contribution in [0.5, 0.6) is 0 Å². The number of carbonyl (C=O) groups is 2. The molecule has 0 saturated carbocycles. The van der Waals surface area contributed by atoms with E-state index in [9.17, 15) is 18.0 Å². The number of hydrogen-bond acceptors (Lipinski definition) is 4. The SMILES string of the molecule is CC(C)C(=O)CC(CCCS(=O)(=O)O)[S+]1CCC(=O)CC1. The topological polar surface area (TPSA) is 88.5 Å². The minimum absolute atomic E-state index is 0.0133. The summed E-state index contributed by atoms with van der Waals surface area (Å²) in [6.07, 6.45) is 2.60. The summed E-state index contributed by atoms with van der Waals surface area (Å²) < 4.78 is 30.4. The molecule has 0 aromatic carbocycles. The van der Waals surface area contributed by atoms with Gasteiger partial charge in [0, 0.05) is 5.92 Å². The molecule has 1 rings (SSSR count). The lowest BCUT2D eigenvalue weighted by Gasteiger charge is -2.22. The van der Waals surface area contributed by atoms with Crippen molar-refractivity contribution >= 4 is 32.6 Å². The van der Waals surface area contributed by atoms with Gasteiger partial charge in [-0.1, -0.05) is 13.8 Å². The molecule has 0 spiro atoms. The van der Waals surface area contributed by atoms with E-state index in [4.69, 9.17) is 4.55 Å². The Morgan fingerprint density at radius 2 is 1.86 bits per heavy atom. The zero-order chi connectivity index (χ0) is 16.0.